The number of fused-ring (bicyclic) bond motifs is 1. The van der Waals surface area contributed by atoms with Gasteiger partial charge in [-0.1, -0.05) is 0 Å². The SMILES string of the molecule is COc1cnc2cnc(C3CC3)n2c1. The van der Waals surface area contributed by atoms with Gasteiger partial charge in [0.05, 0.1) is 25.7 Å². The lowest BCUT2D eigenvalue weighted by Gasteiger charge is -2.01. The van der Waals surface area contributed by atoms with E-state index in [4.69, 9.17) is 4.74 Å². The zero-order valence-corrected chi connectivity index (χ0v) is 7.97. The molecule has 0 N–H and O–H groups in total. The third kappa shape index (κ3) is 1.07. The van der Waals surface area contributed by atoms with Gasteiger partial charge < -0.3 is 4.74 Å². The van der Waals surface area contributed by atoms with Gasteiger partial charge in [0.1, 0.15) is 5.82 Å². The predicted octanol–water partition coefficient (Wildman–Crippen LogP) is 1.62. The van der Waals surface area contributed by atoms with Crippen LogP contribution in [-0.2, 0) is 0 Å². The summed E-state index contributed by atoms with van der Waals surface area (Å²) in [4.78, 5) is 8.64. The molecular formula is C10H11N3O. The molecule has 4 nitrogen and oxygen atoms in total. The Labute approximate surface area is 81.6 Å². The number of hydrogen-bond acceptors (Lipinski definition) is 3. The van der Waals surface area contributed by atoms with Crippen molar-refractivity contribution in [3.63, 3.8) is 0 Å². The summed E-state index contributed by atoms with van der Waals surface area (Å²) < 4.78 is 7.16. The lowest BCUT2D eigenvalue weighted by molar-refractivity contribution is 0.410. The Balaban J connectivity index is 2.20. The summed E-state index contributed by atoms with van der Waals surface area (Å²) in [5.74, 6) is 2.52. The smallest absolute Gasteiger partial charge is 0.156 e. The van der Waals surface area contributed by atoms with Gasteiger partial charge in [0.2, 0.25) is 0 Å². The largest absolute Gasteiger partial charge is 0.494 e. The van der Waals surface area contributed by atoms with Crippen LogP contribution in [-0.4, -0.2) is 21.5 Å². The van der Waals surface area contributed by atoms with Crippen LogP contribution < -0.4 is 4.74 Å². The molecule has 0 radical (unpaired) electrons. The van der Waals surface area contributed by atoms with E-state index in [9.17, 15) is 0 Å². The van der Waals surface area contributed by atoms with Crippen LogP contribution in [0.4, 0.5) is 0 Å². The molecule has 0 aliphatic heterocycles. The number of nitrogens with zero attached hydrogens (tertiary/aromatic N) is 3. The Morgan fingerprint density at radius 1 is 1.36 bits per heavy atom. The second-order valence-electron chi connectivity index (χ2n) is 3.61. The van der Waals surface area contributed by atoms with Crippen LogP contribution in [0.5, 0.6) is 5.75 Å². The van der Waals surface area contributed by atoms with Gasteiger partial charge in [-0.15, -0.1) is 0 Å². The maximum atomic E-state index is 5.14. The second-order valence-corrected chi connectivity index (χ2v) is 3.61. The highest BCUT2D eigenvalue weighted by molar-refractivity contribution is 5.40. The molecule has 3 rings (SSSR count). The minimum absolute atomic E-state index is 0.631. The fourth-order valence-electron chi connectivity index (χ4n) is 1.63. The highest BCUT2D eigenvalue weighted by Crippen LogP contribution is 2.39. The Bertz CT molecular complexity index is 473. The summed E-state index contributed by atoms with van der Waals surface area (Å²) in [5, 5.41) is 0. The summed E-state index contributed by atoms with van der Waals surface area (Å²) in [5.41, 5.74) is 0.896. The van der Waals surface area contributed by atoms with Crippen molar-refractivity contribution < 1.29 is 4.74 Å². The number of hydrogen-bond donors (Lipinski definition) is 0. The first-order chi connectivity index (χ1) is 6.88. The van der Waals surface area contributed by atoms with Crippen molar-refractivity contribution in [1.82, 2.24) is 14.4 Å². The monoisotopic (exact) mass is 189 g/mol. The van der Waals surface area contributed by atoms with Gasteiger partial charge in [0, 0.05) is 5.92 Å². The van der Waals surface area contributed by atoms with Crippen molar-refractivity contribution in [1.29, 1.82) is 0 Å². The molecule has 1 aliphatic carbocycles. The van der Waals surface area contributed by atoms with E-state index in [1.54, 1.807) is 13.3 Å². The summed E-state index contributed by atoms with van der Waals surface area (Å²) >= 11 is 0. The van der Waals surface area contributed by atoms with Crippen LogP contribution in [0.15, 0.2) is 18.6 Å². The molecule has 4 heteroatoms. The Hall–Kier alpha value is -1.58. The standard InChI is InChI=1S/C10H11N3O/c1-14-8-4-11-9-5-12-10(7-2-3-7)13(9)6-8/h4-7H,2-3H2,1H3. The normalized spacial score (nSPS) is 16.1. The second kappa shape index (κ2) is 2.70. The lowest BCUT2D eigenvalue weighted by atomic mass is 10.4. The first-order valence-electron chi connectivity index (χ1n) is 4.75. The van der Waals surface area contributed by atoms with Crippen molar-refractivity contribution in [2.45, 2.75) is 18.8 Å². The molecule has 0 aromatic carbocycles. The minimum atomic E-state index is 0.631. The Morgan fingerprint density at radius 2 is 2.21 bits per heavy atom. The van der Waals surface area contributed by atoms with E-state index >= 15 is 0 Å². The van der Waals surface area contributed by atoms with Gasteiger partial charge in [-0.3, -0.25) is 4.40 Å². The number of ether oxygens (including phenoxy) is 1. The van der Waals surface area contributed by atoms with Crippen molar-refractivity contribution in [3.8, 4) is 5.75 Å². The average molecular weight is 189 g/mol. The maximum Gasteiger partial charge on any atom is 0.156 e. The minimum Gasteiger partial charge on any atom is -0.494 e. The number of imidazole rings is 1. The third-order valence-corrected chi connectivity index (χ3v) is 2.56. The summed E-state index contributed by atoms with van der Waals surface area (Å²) in [7, 11) is 1.65. The van der Waals surface area contributed by atoms with E-state index in [0.717, 1.165) is 17.2 Å². The van der Waals surface area contributed by atoms with Crippen molar-refractivity contribution >= 4 is 5.65 Å². The van der Waals surface area contributed by atoms with Crippen LogP contribution >= 0.6 is 0 Å². The zero-order valence-electron chi connectivity index (χ0n) is 7.97. The molecule has 0 saturated heterocycles. The van der Waals surface area contributed by atoms with E-state index in [0.29, 0.717) is 5.92 Å². The molecular weight excluding hydrogens is 178 g/mol. The highest BCUT2D eigenvalue weighted by atomic mass is 16.5. The molecule has 2 aromatic rings. The fraction of sp³-hybridized carbons (Fsp3) is 0.400. The molecule has 2 aromatic heterocycles. The van der Waals surface area contributed by atoms with E-state index in [2.05, 4.69) is 9.97 Å². The average Bonchev–Trinajstić information content (AvgIpc) is 2.98. The van der Waals surface area contributed by atoms with Crippen LogP contribution in [0.1, 0.15) is 24.6 Å². The van der Waals surface area contributed by atoms with E-state index in [-0.39, 0.29) is 0 Å². The zero-order chi connectivity index (χ0) is 9.54. The molecule has 14 heavy (non-hydrogen) atoms. The van der Waals surface area contributed by atoms with Gasteiger partial charge in [-0.2, -0.15) is 0 Å². The molecule has 1 fully saturated rings. The molecule has 1 saturated carbocycles. The van der Waals surface area contributed by atoms with Crippen molar-refractivity contribution in [3.05, 3.63) is 24.4 Å². The van der Waals surface area contributed by atoms with Gasteiger partial charge in [-0.25, -0.2) is 9.97 Å². The van der Waals surface area contributed by atoms with E-state index < -0.39 is 0 Å². The number of methoxy groups -OCH3 is 1. The van der Waals surface area contributed by atoms with Crippen LogP contribution in [0.25, 0.3) is 5.65 Å². The first-order valence-corrected chi connectivity index (χ1v) is 4.75. The quantitative estimate of drug-likeness (QED) is 0.720. The van der Waals surface area contributed by atoms with Crippen LogP contribution in [0.3, 0.4) is 0 Å². The molecule has 72 valence electrons. The Kier molecular flexibility index (Phi) is 1.50. The number of rotatable bonds is 2. The maximum absolute atomic E-state index is 5.14. The van der Waals surface area contributed by atoms with E-state index in [1.165, 1.54) is 12.8 Å². The van der Waals surface area contributed by atoms with Gasteiger partial charge in [0.25, 0.3) is 0 Å². The molecule has 0 atom stereocenters. The number of aromatic nitrogens is 3. The summed E-state index contributed by atoms with van der Waals surface area (Å²) in [6.45, 7) is 0. The molecule has 0 amide bonds. The van der Waals surface area contributed by atoms with Crippen molar-refractivity contribution in [2.75, 3.05) is 7.11 Å². The summed E-state index contributed by atoms with van der Waals surface area (Å²) in [6.07, 6.45) is 7.97. The van der Waals surface area contributed by atoms with Crippen LogP contribution in [0.2, 0.25) is 0 Å². The third-order valence-electron chi connectivity index (χ3n) is 2.56. The molecule has 0 bridgehead atoms. The Morgan fingerprint density at radius 3 is 2.93 bits per heavy atom. The van der Waals surface area contributed by atoms with Gasteiger partial charge >= 0.3 is 0 Å². The molecule has 1 aliphatic rings. The lowest BCUT2D eigenvalue weighted by Crippen LogP contribution is -1.95. The first kappa shape index (κ1) is 7.79. The van der Waals surface area contributed by atoms with Crippen molar-refractivity contribution in [2.24, 2.45) is 0 Å². The molecule has 0 unspecified atom stereocenters. The molecule has 2 heterocycles. The van der Waals surface area contributed by atoms with Crippen LogP contribution in [0, 0.1) is 0 Å². The predicted molar refractivity (Wildman–Crippen MR) is 51.5 cm³/mol. The van der Waals surface area contributed by atoms with Gasteiger partial charge in [-0.05, 0) is 12.8 Å². The molecule has 0 spiro atoms. The fourth-order valence-corrected chi connectivity index (χ4v) is 1.63. The summed E-state index contributed by atoms with van der Waals surface area (Å²) in [6, 6.07) is 0. The topological polar surface area (TPSA) is 39.4 Å². The highest BCUT2D eigenvalue weighted by Gasteiger charge is 2.27. The van der Waals surface area contributed by atoms with Gasteiger partial charge in [0.15, 0.2) is 11.4 Å². The van der Waals surface area contributed by atoms with E-state index in [1.807, 2.05) is 16.8 Å².